The smallest absolute Gasteiger partial charge is 0.0967 e. The molecule has 2 heterocycles. The Hall–Kier alpha value is -1.65. The molecule has 0 amide bonds. The molecule has 2 aromatic rings. The van der Waals surface area contributed by atoms with Crippen molar-refractivity contribution in [2.24, 2.45) is 13.0 Å². The van der Waals surface area contributed by atoms with Gasteiger partial charge in [0.25, 0.3) is 0 Å². The normalized spacial score (nSPS) is 25.7. The third-order valence-corrected chi connectivity index (χ3v) is 5.12. The standard InChI is InChI=1S/C19H28N4/c1-14-12-22(3)15(2)10-18(14)20-11-17-13-23(4)21-19(17)16-8-6-5-7-9-16/h5-9,13-15,18,20H,10-12H2,1-4H3/t14-,15-,18-/m1/s1. The van der Waals surface area contributed by atoms with Gasteiger partial charge in [-0.25, -0.2) is 0 Å². The van der Waals surface area contributed by atoms with Crippen LogP contribution in [0, 0.1) is 5.92 Å². The molecule has 1 aromatic heterocycles. The minimum Gasteiger partial charge on any atom is -0.309 e. The fourth-order valence-electron chi connectivity index (χ4n) is 3.57. The van der Waals surface area contributed by atoms with Crippen LogP contribution in [0.5, 0.6) is 0 Å². The maximum absolute atomic E-state index is 4.66. The average Bonchev–Trinajstić information content (AvgIpc) is 2.91. The fourth-order valence-corrected chi connectivity index (χ4v) is 3.57. The molecule has 0 unspecified atom stereocenters. The van der Waals surface area contributed by atoms with Gasteiger partial charge in [-0.3, -0.25) is 4.68 Å². The monoisotopic (exact) mass is 312 g/mol. The Labute approximate surface area is 139 Å². The largest absolute Gasteiger partial charge is 0.309 e. The van der Waals surface area contributed by atoms with Crippen molar-refractivity contribution in [2.75, 3.05) is 13.6 Å². The molecule has 0 bridgehead atoms. The molecule has 1 N–H and O–H groups in total. The van der Waals surface area contributed by atoms with Crippen LogP contribution in [0.1, 0.15) is 25.8 Å². The van der Waals surface area contributed by atoms with Gasteiger partial charge in [0.05, 0.1) is 5.69 Å². The Morgan fingerprint density at radius 1 is 1.17 bits per heavy atom. The van der Waals surface area contributed by atoms with Crippen LogP contribution in [0.3, 0.4) is 0 Å². The molecular weight excluding hydrogens is 284 g/mol. The van der Waals surface area contributed by atoms with Gasteiger partial charge in [0, 0.05) is 49.5 Å². The molecule has 0 aliphatic carbocycles. The Bertz CT molecular complexity index is 634. The van der Waals surface area contributed by atoms with Crippen LogP contribution in [0.25, 0.3) is 11.3 Å². The zero-order valence-electron chi connectivity index (χ0n) is 14.7. The second-order valence-corrected chi connectivity index (χ2v) is 7.03. The van der Waals surface area contributed by atoms with Gasteiger partial charge in [0.2, 0.25) is 0 Å². The Kier molecular flexibility index (Phi) is 4.83. The summed E-state index contributed by atoms with van der Waals surface area (Å²) >= 11 is 0. The number of hydrogen-bond donors (Lipinski definition) is 1. The van der Waals surface area contributed by atoms with E-state index >= 15 is 0 Å². The van der Waals surface area contributed by atoms with Gasteiger partial charge in [-0.05, 0) is 26.3 Å². The second kappa shape index (κ2) is 6.85. The first-order chi connectivity index (χ1) is 11.0. The van der Waals surface area contributed by atoms with Crippen LogP contribution < -0.4 is 5.32 Å². The van der Waals surface area contributed by atoms with E-state index in [1.165, 1.54) is 17.5 Å². The molecule has 3 rings (SSSR count). The van der Waals surface area contributed by atoms with E-state index in [-0.39, 0.29) is 0 Å². The van der Waals surface area contributed by atoms with Crippen molar-refractivity contribution < 1.29 is 0 Å². The summed E-state index contributed by atoms with van der Waals surface area (Å²) in [5.41, 5.74) is 3.56. The first-order valence-electron chi connectivity index (χ1n) is 8.56. The van der Waals surface area contributed by atoms with E-state index in [2.05, 4.69) is 66.7 Å². The lowest BCUT2D eigenvalue weighted by Gasteiger charge is -2.40. The topological polar surface area (TPSA) is 33.1 Å². The number of piperidine rings is 1. The molecule has 1 aromatic carbocycles. The molecule has 1 aliphatic heterocycles. The number of benzene rings is 1. The summed E-state index contributed by atoms with van der Waals surface area (Å²) < 4.78 is 1.92. The zero-order valence-corrected chi connectivity index (χ0v) is 14.7. The number of nitrogens with zero attached hydrogens (tertiary/aromatic N) is 3. The summed E-state index contributed by atoms with van der Waals surface area (Å²) in [5, 5.41) is 8.44. The van der Waals surface area contributed by atoms with Gasteiger partial charge in [-0.2, -0.15) is 5.10 Å². The lowest BCUT2D eigenvalue weighted by atomic mass is 9.89. The maximum Gasteiger partial charge on any atom is 0.0967 e. The predicted molar refractivity (Wildman–Crippen MR) is 95.1 cm³/mol. The van der Waals surface area contributed by atoms with Crippen molar-refractivity contribution in [1.29, 1.82) is 0 Å². The molecule has 1 saturated heterocycles. The minimum absolute atomic E-state index is 0.574. The van der Waals surface area contributed by atoms with Gasteiger partial charge in [0.15, 0.2) is 0 Å². The van der Waals surface area contributed by atoms with Gasteiger partial charge in [-0.15, -0.1) is 0 Å². The Morgan fingerprint density at radius 2 is 1.91 bits per heavy atom. The van der Waals surface area contributed by atoms with Crippen LogP contribution in [-0.2, 0) is 13.6 Å². The molecule has 23 heavy (non-hydrogen) atoms. The molecule has 0 radical (unpaired) electrons. The SMILES string of the molecule is C[C@@H]1CN(C)[C@H](C)C[C@H]1NCc1cn(C)nc1-c1ccccc1. The van der Waals surface area contributed by atoms with E-state index in [0.29, 0.717) is 18.0 Å². The van der Waals surface area contributed by atoms with E-state index in [4.69, 9.17) is 0 Å². The molecule has 0 spiro atoms. The maximum atomic E-state index is 4.66. The second-order valence-electron chi connectivity index (χ2n) is 7.03. The summed E-state index contributed by atoms with van der Waals surface area (Å²) in [6.07, 6.45) is 3.34. The van der Waals surface area contributed by atoms with Crippen molar-refractivity contribution in [2.45, 2.75) is 38.9 Å². The first-order valence-corrected chi connectivity index (χ1v) is 8.56. The highest BCUT2D eigenvalue weighted by atomic mass is 15.3. The molecular formula is C19H28N4. The fraction of sp³-hybridized carbons (Fsp3) is 0.526. The molecule has 3 atom stereocenters. The first kappa shape index (κ1) is 16.2. The number of nitrogens with one attached hydrogen (secondary N) is 1. The number of likely N-dealkylation sites (tertiary alicyclic amines) is 1. The highest BCUT2D eigenvalue weighted by molar-refractivity contribution is 5.62. The summed E-state index contributed by atoms with van der Waals surface area (Å²) in [7, 11) is 4.22. The molecule has 1 aliphatic rings. The number of aromatic nitrogens is 2. The quantitative estimate of drug-likeness (QED) is 0.942. The Morgan fingerprint density at radius 3 is 2.65 bits per heavy atom. The highest BCUT2D eigenvalue weighted by Crippen LogP contribution is 2.24. The zero-order chi connectivity index (χ0) is 16.4. The van der Waals surface area contributed by atoms with E-state index in [9.17, 15) is 0 Å². The van der Waals surface area contributed by atoms with Crippen LogP contribution in [0.2, 0.25) is 0 Å². The lowest BCUT2D eigenvalue weighted by molar-refractivity contribution is 0.121. The van der Waals surface area contributed by atoms with Crippen LogP contribution >= 0.6 is 0 Å². The van der Waals surface area contributed by atoms with Crippen LogP contribution in [-0.4, -0.2) is 40.4 Å². The molecule has 124 valence electrons. The predicted octanol–water partition coefficient (Wildman–Crippen LogP) is 2.91. The summed E-state index contributed by atoms with van der Waals surface area (Å²) in [6.45, 7) is 6.71. The summed E-state index contributed by atoms with van der Waals surface area (Å²) in [6, 6.07) is 11.7. The summed E-state index contributed by atoms with van der Waals surface area (Å²) in [5.74, 6) is 0.674. The van der Waals surface area contributed by atoms with Crippen LogP contribution in [0.15, 0.2) is 36.5 Å². The van der Waals surface area contributed by atoms with Crippen molar-refractivity contribution in [3.63, 3.8) is 0 Å². The summed E-state index contributed by atoms with van der Waals surface area (Å²) in [4.78, 5) is 2.46. The van der Waals surface area contributed by atoms with Crippen LogP contribution in [0.4, 0.5) is 0 Å². The van der Waals surface area contributed by atoms with Crippen molar-refractivity contribution >= 4 is 0 Å². The number of rotatable bonds is 4. The molecule has 4 nitrogen and oxygen atoms in total. The number of hydrogen-bond acceptors (Lipinski definition) is 3. The van der Waals surface area contributed by atoms with Gasteiger partial charge < -0.3 is 10.2 Å². The van der Waals surface area contributed by atoms with Crippen molar-refractivity contribution in [3.05, 3.63) is 42.1 Å². The average molecular weight is 312 g/mol. The van der Waals surface area contributed by atoms with E-state index in [1.807, 2.05) is 17.8 Å². The van der Waals surface area contributed by atoms with E-state index in [1.54, 1.807) is 0 Å². The van der Waals surface area contributed by atoms with Gasteiger partial charge in [-0.1, -0.05) is 37.3 Å². The van der Waals surface area contributed by atoms with Crippen molar-refractivity contribution in [1.82, 2.24) is 20.0 Å². The molecule has 1 fully saturated rings. The molecule has 0 saturated carbocycles. The molecule has 4 heteroatoms. The van der Waals surface area contributed by atoms with E-state index in [0.717, 1.165) is 18.8 Å². The lowest BCUT2D eigenvalue weighted by Crippen LogP contribution is -2.50. The Balaban J connectivity index is 1.72. The third-order valence-electron chi connectivity index (χ3n) is 5.12. The minimum atomic E-state index is 0.574. The van der Waals surface area contributed by atoms with Gasteiger partial charge >= 0.3 is 0 Å². The van der Waals surface area contributed by atoms with Gasteiger partial charge in [0.1, 0.15) is 0 Å². The van der Waals surface area contributed by atoms with Crippen molar-refractivity contribution in [3.8, 4) is 11.3 Å². The van der Waals surface area contributed by atoms with E-state index < -0.39 is 0 Å². The third kappa shape index (κ3) is 3.65. The number of aryl methyl sites for hydroxylation is 1. The highest BCUT2D eigenvalue weighted by Gasteiger charge is 2.28.